The van der Waals surface area contributed by atoms with Crippen LogP contribution in [0.4, 0.5) is 11.4 Å². The number of hydrogen-bond acceptors (Lipinski definition) is 10. The van der Waals surface area contributed by atoms with Crippen LogP contribution in [0.25, 0.3) is 16.6 Å². The van der Waals surface area contributed by atoms with Gasteiger partial charge in [-0.3, -0.25) is 19.8 Å². The minimum Gasteiger partial charge on any atom is -0.493 e. The Morgan fingerprint density at radius 3 is 2.61 bits per heavy atom. The van der Waals surface area contributed by atoms with Crippen molar-refractivity contribution in [1.29, 1.82) is 0 Å². The predicted octanol–water partition coefficient (Wildman–Crippen LogP) is 8.78. The molecule has 4 heterocycles. The van der Waals surface area contributed by atoms with E-state index in [2.05, 4.69) is 50.5 Å². The predicted molar refractivity (Wildman–Crippen MR) is 228 cm³/mol. The number of benzene rings is 3. The number of rotatable bonds is 11. The number of piperazine rings is 1. The Morgan fingerprint density at radius 1 is 1.08 bits per heavy atom. The number of amides is 1. The molecule has 1 amide bonds. The summed E-state index contributed by atoms with van der Waals surface area (Å²) in [6, 6.07) is 19.1. The van der Waals surface area contributed by atoms with Gasteiger partial charge in [0, 0.05) is 73.2 Å². The lowest BCUT2D eigenvalue weighted by atomic mass is 9.72. The summed E-state index contributed by atoms with van der Waals surface area (Å²) in [5, 5.41) is 13.6. The van der Waals surface area contributed by atoms with Gasteiger partial charge in [0.1, 0.15) is 22.9 Å². The molecule has 13 nitrogen and oxygen atoms in total. The van der Waals surface area contributed by atoms with Crippen LogP contribution in [0.2, 0.25) is 5.02 Å². The highest BCUT2D eigenvalue weighted by Crippen LogP contribution is 2.44. The fourth-order valence-corrected chi connectivity index (χ4v) is 9.42. The van der Waals surface area contributed by atoms with Crippen LogP contribution in [0.3, 0.4) is 0 Å². The highest BCUT2D eigenvalue weighted by atomic mass is 35.5. The smallest absolute Gasteiger partial charge is 0.277 e. The largest absolute Gasteiger partial charge is 0.493 e. The van der Waals surface area contributed by atoms with Crippen LogP contribution in [0.1, 0.15) is 67.9 Å². The van der Waals surface area contributed by atoms with E-state index in [1.54, 1.807) is 30.5 Å². The Bertz CT molecular complexity index is 2560. The maximum Gasteiger partial charge on any atom is 0.277 e. The molecule has 1 fully saturated rings. The molecule has 15 heteroatoms. The van der Waals surface area contributed by atoms with Crippen LogP contribution >= 0.6 is 11.6 Å². The number of sulfonamides is 1. The van der Waals surface area contributed by atoms with E-state index in [1.807, 2.05) is 25.1 Å². The number of carbonyl (C=O) groups excluding carboxylic acids is 1. The molecule has 0 unspecified atom stereocenters. The number of aromatic nitrogens is 2. The second-order valence-corrected chi connectivity index (χ2v) is 18.6. The molecular formula is C44H47ClN6O7S. The molecule has 0 radical (unpaired) electrons. The van der Waals surface area contributed by atoms with Crippen molar-refractivity contribution in [3.8, 4) is 17.2 Å². The molecule has 5 aromatic rings. The summed E-state index contributed by atoms with van der Waals surface area (Å²) in [4.78, 5) is 37.1. The van der Waals surface area contributed by atoms with E-state index >= 15 is 0 Å². The number of nitrogens with zero attached hydrogens (tertiary/aromatic N) is 4. The van der Waals surface area contributed by atoms with Crippen molar-refractivity contribution in [2.24, 2.45) is 11.3 Å². The van der Waals surface area contributed by atoms with Gasteiger partial charge in [-0.15, -0.1) is 0 Å². The average Bonchev–Trinajstić information content (AvgIpc) is 3.69. The van der Waals surface area contributed by atoms with Crippen LogP contribution in [0, 0.1) is 21.4 Å². The van der Waals surface area contributed by atoms with Gasteiger partial charge in [0.05, 0.1) is 33.7 Å². The maximum atomic E-state index is 13.9. The number of nitrogens with one attached hydrogen (secondary N) is 2. The zero-order chi connectivity index (χ0) is 41.5. The molecule has 59 heavy (non-hydrogen) atoms. The van der Waals surface area contributed by atoms with Crippen LogP contribution in [-0.4, -0.2) is 73.4 Å². The van der Waals surface area contributed by atoms with Crippen LogP contribution in [0.15, 0.2) is 89.6 Å². The molecule has 2 N–H and O–H groups in total. The van der Waals surface area contributed by atoms with Crippen molar-refractivity contribution >= 4 is 55.5 Å². The monoisotopic (exact) mass is 838 g/mol. The molecule has 0 bridgehead atoms. The number of fused-ring (bicyclic) bond motifs is 2. The number of nitro groups is 1. The highest BCUT2D eigenvalue weighted by Gasteiger charge is 2.33. The Hall–Kier alpha value is -5.44. The fraction of sp³-hybridized carbons (Fsp3) is 0.364. The first kappa shape index (κ1) is 40.3. The van der Waals surface area contributed by atoms with E-state index < -0.39 is 25.7 Å². The number of nitro benzene ring substituents is 1. The quantitative estimate of drug-likeness (QED) is 0.0973. The zero-order valence-corrected chi connectivity index (χ0v) is 34.9. The highest BCUT2D eigenvalue weighted by molar-refractivity contribution is 7.90. The van der Waals surface area contributed by atoms with Crippen LogP contribution in [-0.2, 0) is 16.4 Å². The van der Waals surface area contributed by atoms with Crippen LogP contribution in [0.5, 0.6) is 17.2 Å². The number of aromatic amines is 1. The zero-order valence-electron chi connectivity index (χ0n) is 33.3. The number of pyridine rings is 1. The van der Waals surface area contributed by atoms with E-state index in [0.29, 0.717) is 30.0 Å². The Balaban J connectivity index is 1.04. The van der Waals surface area contributed by atoms with Gasteiger partial charge in [-0.05, 0) is 91.0 Å². The third-order valence-corrected chi connectivity index (χ3v) is 13.3. The van der Waals surface area contributed by atoms with E-state index in [0.717, 1.165) is 80.6 Å². The second-order valence-electron chi connectivity index (χ2n) is 16.5. The minimum absolute atomic E-state index is 0.0403. The van der Waals surface area contributed by atoms with Gasteiger partial charge in [-0.1, -0.05) is 50.1 Å². The standard InChI is InChI=1S/C44H47ClN6O7S/c1-4-28-19-37-39(51(53)54)22-35(23-40(37)57-27-28)59(55,56)48-43(52)36-10-9-33(21-41(36)58-34-20-30-12-14-46-42(30)47-25-34)50-17-15-49(16-18-50)26-31-11-13-44(2,3)24-38(31)29-5-7-32(45)8-6-29/h5-10,12,14,20-23,25,28H,4,11,13,15-19,24,26-27H2,1-3H3,(H,46,47)(H,48,52)/t28-/m1/s1. The first-order valence-corrected chi connectivity index (χ1v) is 21.8. The third kappa shape index (κ3) is 8.80. The number of anilines is 1. The molecule has 308 valence electrons. The SMILES string of the molecule is CC[C@H]1COc2cc(S(=O)(=O)NC(=O)c3ccc(N4CCN(CC5=C(c6ccc(Cl)cc6)CC(C)(C)CC5)CC4)cc3Oc3cnc4[nH]ccc4c3)cc([N+](=O)[O-])c2C1. The third-order valence-electron chi connectivity index (χ3n) is 11.8. The average molecular weight is 839 g/mol. The molecular weight excluding hydrogens is 792 g/mol. The summed E-state index contributed by atoms with van der Waals surface area (Å²) in [5.74, 6) is -0.284. The molecule has 0 saturated carbocycles. The Morgan fingerprint density at radius 2 is 1.86 bits per heavy atom. The van der Waals surface area contributed by atoms with Crippen molar-refractivity contribution < 1.29 is 27.6 Å². The van der Waals surface area contributed by atoms with Gasteiger partial charge >= 0.3 is 0 Å². The first-order chi connectivity index (χ1) is 28.2. The van der Waals surface area contributed by atoms with E-state index in [9.17, 15) is 23.3 Å². The summed E-state index contributed by atoms with van der Waals surface area (Å²) in [6.07, 6.45) is 7.63. The Kier molecular flexibility index (Phi) is 11.2. The number of hydrogen-bond donors (Lipinski definition) is 2. The van der Waals surface area contributed by atoms with Gasteiger partial charge in [0.15, 0.2) is 0 Å². The summed E-state index contributed by atoms with van der Waals surface area (Å²) >= 11 is 6.23. The maximum absolute atomic E-state index is 13.9. The normalized spacial score (nSPS) is 18.3. The van der Waals surface area contributed by atoms with E-state index in [4.69, 9.17) is 21.1 Å². The number of carbonyl (C=O) groups is 1. The number of H-pyrrole nitrogens is 1. The van der Waals surface area contributed by atoms with Gasteiger partial charge in [0.25, 0.3) is 21.6 Å². The van der Waals surface area contributed by atoms with E-state index in [1.165, 1.54) is 29.0 Å². The number of ether oxygens (including phenoxy) is 2. The molecule has 2 aliphatic heterocycles. The fourth-order valence-electron chi connectivity index (χ4n) is 8.29. The van der Waals surface area contributed by atoms with Crippen molar-refractivity contribution in [1.82, 2.24) is 19.6 Å². The topological polar surface area (TPSA) is 160 Å². The molecule has 0 spiro atoms. The number of allylic oxidation sites excluding steroid dienone is 1. The van der Waals surface area contributed by atoms with E-state index in [-0.39, 0.29) is 34.1 Å². The molecule has 1 aliphatic carbocycles. The first-order valence-electron chi connectivity index (χ1n) is 20.0. The summed E-state index contributed by atoms with van der Waals surface area (Å²) < 4.78 is 41.7. The molecule has 3 aliphatic rings. The number of halogens is 1. The summed E-state index contributed by atoms with van der Waals surface area (Å²) in [5.41, 5.74) is 5.74. The molecule has 1 atom stereocenters. The molecule has 2 aromatic heterocycles. The molecule has 3 aromatic carbocycles. The second kappa shape index (κ2) is 16.3. The van der Waals surface area contributed by atoms with Gasteiger partial charge in [0.2, 0.25) is 0 Å². The van der Waals surface area contributed by atoms with Crippen LogP contribution < -0.4 is 19.1 Å². The lowest BCUT2D eigenvalue weighted by molar-refractivity contribution is -0.386. The minimum atomic E-state index is -4.59. The molecule has 8 rings (SSSR count). The van der Waals surface area contributed by atoms with Crippen molar-refractivity contribution in [2.75, 3.05) is 44.2 Å². The van der Waals surface area contributed by atoms with Crippen molar-refractivity contribution in [3.63, 3.8) is 0 Å². The lowest BCUT2D eigenvalue weighted by Gasteiger charge is -2.39. The van der Waals surface area contributed by atoms with Crippen molar-refractivity contribution in [3.05, 3.63) is 117 Å². The van der Waals surface area contributed by atoms with Gasteiger partial charge in [-0.2, -0.15) is 0 Å². The summed E-state index contributed by atoms with van der Waals surface area (Å²) in [6.45, 7) is 10.9. The Labute approximate surface area is 348 Å². The van der Waals surface area contributed by atoms with Gasteiger partial charge < -0.3 is 19.4 Å². The van der Waals surface area contributed by atoms with Crippen molar-refractivity contribution in [2.45, 2.75) is 57.8 Å². The lowest BCUT2D eigenvalue weighted by Crippen LogP contribution is -2.47. The summed E-state index contributed by atoms with van der Waals surface area (Å²) in [7, 11) is -4.59. The molecule has 1 saturated heterocycles. The van der Waals surface area contributed by atoms with Gasteiger partial charge in [-0.25, -0.2) is 18.1 Å².